The standard InChI is InChI=1S/C28H23N5OS/c29-16-23(27-32-25-8-4-5-9-26(25)35-27)24-14-15-31-28(33-24)34-19-22-12-10-21(11-13-22)18-30-17-20-6-2-1-3-7-20/h1-15,23,30H,17-19H2. The van der Waals surface area contributed by atoms with Crippen LogP contribution in [0.1, 0.15) is 33.3 Å². The quantitative estimate of drug-likeness (QED) is 0.297. The Balaban J connectivity index is 1.19. The van der Waals surface area contributed by atoms with Crippen molar-refractivity contribution in [3.63, 3.8) is 0 Å². The van der Waals surface area contributed by atoms with E-state index in [1.807, 2.05) is 54.6 Å². The third-order valence-corrected chi connectivity index (χ3v) is 6.63. The molecular formula is C28H23N5OS. The van der Waals surface area contributed by atoms with E-state index >= 15 is 0 Å². The first kappa shape index (κ1) is 22.7. The number of nitrogens with zero attached hydrogens (tertiary/aromatic N) is 4. The van der Waals surface area contributed by atoms with E-state index in [4.69, 9.17) is 4.74 Å². The molecule has 0 fully saturated rings. The predicted octanol–water partition coefficient (Wildman–Crippen LogP) is 5.61. The largest absolute Gasteiger partial charge is 0.459 e. The third kappa shape index (κ3) is 5.69. The summed E-state index contributed by atoms with van der Waals surface area (Å²) in [5.41, 5.74) is 4.96. The summed E-state index contributed by atoms with van der Waals surface area (Å²) in [4.78, 5) is 13.3. The predicted molar refractivity (Wildman–Crippen MR) is 137 cm³/mol. The maximum Gasteiger partial charge on any atom is 0.316 e. The Hall–Kier alpha value is -4.12. The molecule has 0 amide bonds. The fourth-order valence-electron chi connectivity index (χ4n) is 3.69. The smallest absolute Gasteiger partial charge is 0.316 e. The molecule has 6 nitrogen and oxygen atoms in total. The van der Waals surface area contributed by atoms with Gasteiger partial charge in [-0.3, -0.25) is 0 Å². The zero-order valence-electron chi connectivity index (χ0n) is 19.0. The average Bonchev–Trinajstić information content (AvgIpc) is 3.33. The van der Waals surface area contributed by atoms with Crippen LogP contribution in [-0.4, -0.2) is 15.0 Å². The molecule has 172 valence electrons. The number of benzene rings is 3. The van der Waals surface area contributed by atoms with Crippen molar-refractivity contribution < 1.29 is 4.74 Å². The zero-order valence-corrected chi connectivity index (χ0v) is 19.8. The summed E-state index contributed by atoms with van der Waals surface area (Å²) in [6, 6.07) is 30.8. The molecule has 0 bridgehead atoms. The van der Waals surface area contributed by atoms with Crippen LogP contribution in [0.5, 0.6) is 6.01 Å². The highest BCUT2D eigenvalue weighted by Crippen LogP contribution is 2.31. The SMILES string of the molecule is N#CC(c1ccnc(OCc2ccc(CNCc3ccccc3)cc2)n1)c1nc2ccccc2s1. The summed E-state index contributed by atoms with van der Waals surface area (Å²) in [5.74, 6) is -0.569. The summed E-state index contributed by atoms with van der Waals surface area (Å²) in [7, 11) is 0. The number of nitriles is 1. The van der Waals surface area contributed by atoms with Crippen LogP contribution < -0.4 is 10.1 Å². The number of rotatable bonds is 9. The van der Waals surface area contributed by atoms with Crippen molar-refractivity contribution in [3.05, 3.63) is 119 Å². The first-order valence-corrected chi connectivity index (χ1v) is 12.1. The molecule has 0 saturated carbocycles. The van der Waals surface area contributed by atoms with Gasteiger partial charge in [-0.05, 0) is 34.9 Å². The van der Waals surface area contributed by atoms with Gasteiger partial charge in [0.2, 0.25) is 0 Å². The molecule has 0 spiro atoms. The van der Waals surface area contributed by atoms with Gasteiger partial charge in [-0.25, -0.2) is 9.97 Å². The monoisotopic (exact) mass is 477 g/mol. The Kier molecular flexibility index (Phi) is 7.04. The van der Waals surface area contributed by atoms with Crippen LogP contribution in [-0.2, 0) is 19.7 Å². The molecule has 2 aromatic heterocycles. The van der Waals surface area contributed by atoms with E-state index in [-0.39, 0.29) is 6.01 Å². The molecular weight excluding hydrogens is 454 g/mol. The molecule has 2 heterocycles. The second-order valence-electron chi connectivity index (χ2n) is 8.04. The van der Waals surface area contributed by atoms with E-state index in [9.17, 15) is 5.26 Å². The summed E-state index contributed by atoms with van der Waals surface area (Å²) < 4.78 is 6.88. The van der Waals surface area contributed by atoms with E-state index in [0.29, 0.717) is 12.3 Å². The van der Waals surface area contributed by atoms with Crippen LogP contribution in [0.3, 0.4) is 0 Å². The number of fused-ring (bicyclic) bond motifs is 1. The Labute approximate surface area is 207 Å². The number of hydrogen-bond acceptors (Lipinski definition) is 7. The van der Waals surface area contributed by atoms with Gasteiger partial charge in [-0.1, -0.05) is 66.7 Å². The van der Waals surface area contributed by atoms with Crippen LogP contribution in [0.15, 0.2) is 91.1 Å². The van der Waals surface area contributed by atoms with E-state index in [2.05, 4.69) is 50.6 Å². The maximum absolute atomic E-state index is 9.82. The molecule has 5 aromatic rings. The molecule has 0 aliphatic heterocycles. The van der Waals surface area contributed by atoms with Crippen molar-refractivity contribution in [1.29, 1.82) is 5.26 Å². The first-order valence-electron chi connectivity index (χ1n) is 11.3. The second kappa shape index (κ2) is 10.9. The summed E-state index contributed by atoms with van der Waals surface area (Å²) >= 11 is 1.51. The fourth-order valence-corrected chi connectivity index (χ4v) is 4.72. The normalized spacial score (nSPS) is 11.7. The average molecular weight is 478 g/mol. The number of nitrogens with one attached hydrogen (secondary N) is 1. The molecule has 1 atom stereocenters. The van der Waals surface area contributed by atoms with Crippen LogP contribution in [0.25, 0.3) is 10.2 Å². The van der Waals surface area contributed by atoms with Gasteiger partial charge in [0.15, 0.2) is 0 Å². The molecule has 0 aliphatic rings. The highest BCUT2D eigenvalue weighted by Gasteiger charge is 2.20. The van der Waals surface area contributed by atoms with Gasteiger partial charge in [0.05, 0.1) is 22.0 Å². The van der Waals surface area contributed by atoms with Crippen LogP contribution in [0.4, 0.5) is 0 Å². The van der Waals surface area contributed by atoms with E-state index in [1.54, 1.807) is 12.3 Å². The Bertz CT molecular complexity index is 1410. The lowest BCUT2D eigenvalue weighted by atomic mass is 10.1. The molecule has 7 heteroatoms. The van der Waals surface area contributed by atoms with Crippen molar-refractivity contribution in [2.45, 2.75) is 25.6 Å². The lowest BCUT2D eigenvalue weighted by Crippen LogP contribution is -2.12. The Morgan fingerprint density at radius 2 is 1.54 bits per heavy atom. The van der Waals surface area contributed by atoms with Crippen molar-refractivity contribution in [1.82, 2.24) is 20.3 Å². The maximum atomic E-state index is 9.82. The first-order chi connectivity index (χ1) is 17.3. The molecule has 0 aliphatic carbocycles. The van der Waals surface area contributed by atoms with Crippen molar-refractivity contribution in [2.75, 3.05) is 0 Å². The number of aromatic nitrogens is 3. The summed E-state index contributed by atoms with van der Waals surface area (Å²) in [6.45, 7) is 1.97. The lowest BCUT2D eigenvalue weighted by Gasteiger charge is -2.09. The topological polar surface area (TPSA) is 83.7 Å². The summed E-state index contributed by atoms with van der Waals surface area (Å²) in [5, 5.41) is 14.0. The van der Waals surface area contributed by atoms with E-state index in [1.165, 1.54) is 22.5 Å². The van der Waals surface area contributed by atoms with Gasteiger partial charge in [0.25, 0.3) is 0 Å². The van der Waals surface area contributed by atoms with Gasteiger partial charge in [-0.2, -0.15) is 10.2 Å². The van der Waals surface area contributed by atoms with Crippen molar-refractivity contribution in [3.8, 4) is 12.1 Å². The fraction of sp³-hybridized carbons (Fsp3) is 0.143. The van der Waals surface area contributed by atoms with Crippen molar-refractivity contribution >= 4 is 21.6 Å². The van der Waals surface area contributed by atoms with Crippen molar-refractivity contribution in [2.24, 2.45) is 0 Å². The highest BCUT2D eigenvalue weighted by atomic mass is 32.1. The minimum Gasteiger partial charge on any atom is -0.459 e. The van der Waals surface area contributed by atoms with E-state index < -0.39 is 5.92 Å². The number of thiazole rings is 1. The molecule has 5 rings (SSSR count). The van der Waals surface area contributed by atoms with Gasteiger partial charge in [-0.15, -0.1) is 11.3 Å². The molecule has 1 N–H and O–H groups in total. The zero-order chi connectivity index (χ0) is 23.9. The number of hydrogen-bond donors (Lipinski definition) is 1. The molecule has 3 aromatic carbocycles. The third-order valence-electron chi connectivity index (χ3n) is 5.53. The summed E-state index contributed by atoms with van der Waals surface area (Å²) in [6.07, 6.45) is 1.62. The Morgan fingerprint density at radius 3 is 2.31 bits per heavy atom. The Morgan fingerprint density at radius 1 is 0.829 bits per heavy atom. The van der Waals surface area contributed by atoms with Gasteiger partial charge in [0, 0.05) is 19.3 Å². The van der Waals surface area contributed by atoms with Gasteiger partial charge >= 0.3 is 6.01 Å². The minimum absolute atomic E-state index is 0.248. The van der Waals surface area contributed by atoms with Crippen LogP contribution in [0, 0.1) is 11.3 Å². The molecule has 0 radical (unpaired) electrons. The highest BCUT2D eigenvalue weighted by molar-refractivity contribution is 7.18. The molecule has 0 saturated heterocycles. The van der Waals surface area contributed by atoms with E-state index in [0.717, 1.165) is 33.9 Å². The van der Waals surface area contributed by atoms with Gasteiger partial charge in [0.1, 0.15) is 17.5 Å². The minimum atomic E-state index is -0.569. The number of para-hydroxylation sites is 1. The lowest BCUT2D eigenvalue weighted by molar-refractivity contribution is 0.279. The number of ether oxygens (including phenoxy) is 1. The second-order valence-corrected chi connectivity index (χ2v) is 9.10. The van der Waals surface area contributed by atoms with Crippen LogP contribution >= 0.6 is 11.3 Å². The molecule has 1 unspecified atom stereocenters. The van der Waals surface area contributed by atoms with Crippen LogP contribution in [0.2, 0.25) is 0 Å². The van der Waals surface area contributed by atoms with Gasteiger partial charge < -0.3 is 10.1 Å². The molecule has 35 heavy (non-hydrogen) atoms.